The normalized spacial score (nSPS) is 12.5. The molecule has 3 aromatic carbocycles. The van der Waals surface area contributed by atoms with Gasteiger partial charge in [-0.15, -0.1) is 6.58 Å². The molecule has 0 fully saturated rings. The van der Waals surface area contributed by atoms with E-state index in [1.54, 1.807) is 39.0 Å². The molecule has 0 bridgehead atoms. The Bertz CT molecular complexity index is 1410. The molecule has 42 heavy (non-hydrogen) atoms. The van der Waals surface area contributed by atoms with Gasteiger partial charge < -0.3 is 20.3 Å². The Balaban J connectivity index is 2.11. The monoisotopic (exact) mass is 589 g/mol. The third-order valence-electron chi connectivity index (χ3n) is 6.64. The standard InChI is InChI=1S/C34H40ClN3O4/c1-8-19-38(32(40)28(21-25-14-10-9-11-15-25)36-33(41)42-34(5,6)7)30(26-20-22(2)17-18-23(26)3)31(39)37-29-24(4)13-12-16-27(29)35/h8-18,20,28,30H,1,19,21H2,2-7H3,(H,36,41)(H,37,39). The molecule has 3 rings (SSSR count). The summed E-state index contributed by atoms with van der Waals surface area (Å²) >= 11 is 6.46. The molecule has 0 aliphatic carbocycles. The summed E-state index contributed by atoms with van der Waals surface area (Å²) in [5, 5.41) is 6.11. The van der Waals surface area contributed by atoms with Crippen molar-refractivity contribution in [3.63, 3.8) is 0 Å². The van der Waals surface area contributed by atoms with Gasteiger partial charge in [-0.25, -0.2) is 4.79 Å². The summed E-state index contributed by atoms with van der Waals surface area (Å²) in [7, 11) is 0. The number of nitrogens with zero attached hydrogens (tertiary/aromatic N) is 1. The van der Waals surface area contributed by atoms with Gasteiger partial charge in [0.2, 0.25) is 5.91 Å². The van der Waals surface area contributed by atoms with Gasteiger partial charge in [0, 0.05) is 13.0 Å². The van der Waals surface area contributed by atoms with Gasteiger partial charge in [0.15, 0.2) is 0 Å². The van der Waals surface area contributed by atoms with E-state index < -0.39 is 35.6 Å². The molecule has 0 aromatic heterocycles. The quantitative estimate of drug-likeness (QED) is 0.247. The van der Waals surface area contributed by atoms with Crippen LogP contribution in [0.1, 0.15) is 54.6 Å². The molecule has 2 unspecified atom stereocenters. The first-order valence-electron chi connectivity index (χ1n) is 13.9. The third kappa shape index (κ3) is 8.70. The van der Waals surface area contributed by atoms with Crippen LogP contribution in [0.4, 0.5) is 10.5 Å². The van der Waals surface area contributed by atoms with E-state index in [0.29, 0.717) is 16.3 Å². The van der Waals surface area contributed by atoms with E-state index in [9.17, 15) is 14.4 Å². The van der Waals surface area contributed by atoms with Gasteiger partial charge in [0.05, 0.1) is 10.7 Å². The number of halogens is 1. The van der Waals surface area contributed by atoms with E-state index in [-0.39, 0.29) is 13.0 Å². The molecule has 0 spiro atoms. The minimum absolute atomic E-state index is 0.0487. The predicted molar refractivity (Wildman–Crippen MR) is 169 cm³/mol. The van der Waals surface area contributed by atoms with Crippen molar-refractivity contribution in [2.45, 2.75) is 65.6 Å². The summed E-state index contributed by atoms with van der Waals surface area (Å²) in [5.41, 5.74) is 3.75. The van der Waals surface area contributed by atoms with Gasteiger partial charge in [-0.2, -0.15) is 0 Å². The minimum atomic E-state index is -1.05. The van der Waals surface area contributed by atoms with Crippen molar-refractivity contribution in [1.82, 2.24) is 10.2 Å². The number of hydrogen-bond donors (Lipinski definition) is 2. The fourth-order valence-corrected chi connectivity index (χ4v) is 4.92. The number of aryl methyl sites for hydroxylation is 3. The maximum absolute atomic E-state index is 14.4. The highest BCUT2D eigenvalue weighted by molar-refractivity contribution is 6.34. The van der Waals surface area contributed by atoms with E-state index in [4.69, 9.17) is 16.3 Å². The molecule has 0 heterocycles. The first kappa shape index (κ1) is 32.4. The maximum atomic E-state index is 14.4. The fraction of sp³-hybridized carbons (Fsp3) is 0.324. The molecule has 3 amide bonds. The number of anilines is 1. The number of carbonyl (C=O) groups is 3. The molecule has 0 saturated heterocycles. The average molecular weight is 590 g/mol. The first-order valence-corrected chi connectivity index (χ1v) is 14.3. The Morgan fingerprint density at radius 2 is 1.67 bits per heavy atom. The second-order valence-electron chi connectivity index (χ2n) is 11.4. The summed E-state index contributed by atoms with van der Waals surface area (Å²) < 4.78 is 5.49. The van der Waals surface area contributed by atoms with Crippen molar-refractivity contribution >= 4 is 35.2 Å². The summed E-state index contributed by atoms with van der Waals surface area (Å²) in [5.74, 6) is -0.896. The van der Waals surface area contributed by atoms with Crippen LogP contribution < -0.4 is 10.6 Å². The molecule has 7 nitrogen and oxygen atoms in total. The van der Waals surface area contributed by atoms with Gasteiger partial charge in [-0.05, 0) is 69.9 Å². The van der Waals surface area contributed by atoms with Gasteiger partial charge in [-0.3, -0.25) is 9.59 Å². The van der Waals surface area contributed by atoms with Crippen molar-refractivity contribution in [3.8, 4) is 0 Å². The van der Waals surface area contributed by atoms with Crippen molar-refractivity contribution in [3.05, 3.63) is 112 Å². The smallest absolute Gasteiger partial charge is 0.408 e. The number of rotatable bonds is 10. The molecule has 0 saturated carbocycles. The van der Waals surface area contributed by atoms with Gasteiger partial charge in [0.1, 0.15) is 17.7 Å². The zero-order chi connectivity index (χ0) is 31.0. The van der Waals surface area contributed by atoms with Crippen LogP contribution in [0.5, 0.6) is 0 Å². The van der Waals surface area contributed by atoms with Crippen LogP contribution in [0.2, 0.25) is 5.02 Å². The van der Waals surface area contributed by atoms with Crippen LogP contribution in [0, 0.1) is 20.8 Å². The lowest BCUT2D eigenvalue weighted by atomic mass is 9.95. The number of hydrogen-bond acceptors (Lipinski definition) is 4. The predicted octanol–water partition coefficient (Wildman–Crippen LogP) is 7.10. The van der Waals surface area contributed by atoms with E-state index >= 15 is 0 Å². The molecule has 0 radical (unpaired) electrons. The topological polar surface area (TPSA) is 87.7 Å². The first-order chi connectivity index (χ1) is 19.8. The van der Waals surface area contributed by atoms with Crippen LogP contribution in [0.25, 0.3) is 0 Å². The number of amides is 3. The van der Waals surface area contributed by atoms with E-state index in [0.717, 1.165) is 22.3 Å². The molecule has 8 heteroatoms. The van der Waals surface area contributed by atoms with E-state index in [1.165, 1.54) is 4.90 Å². The molecule has 3 aromatic rings. The minimum Gasteiger partial charge on any atom is -0.444 e. The van der Waals surface area contributed by atoms with Crippen molar-refractivity contribution in [2.75, 3.05) is 11.9 Å². The highest BCUT2D eigenvalue weighted by atomic mass is 35.5. The maximum Gasteiger partial charge on any atom is 0.408 e. The van der Waals surface area contributed by atoms with E-state index in [1.807, 2.05) is 75.4 Å². The summed E-state index contributed by atoms with van der Waals surface area (Å²) in [6, 6.07) is 18.4. The lowest BCUT2D eigenvalue weighted by Crippen LogP contribution is -2.53. The van der Waals surface area contributed by atoms with E-state index in [2.05, 4.69) is 17.2 Å². The van der Waals surface area contributed by atoms with Crippen LogP contribution in [0.15, 0.2) is 79.4 Å². The van der Waals surface area contributed by atoms with Gasteiger partial charge >= 0.3 is 6.09 Å². The molecule has 222 valence electrons. The Labute approximate surface area is 253 Å². The summed E-state index contributed by atoms with van der Waals surface area (Å²) in [6.45, 7) is 14.8. The zero-order valence-corrected chi connectivity index (χ0v) is 25.9. The average Bonchev–Trinajstić information content (AvgIpc) is 2.91. The number of benzene rings is 3. The van der Waals surface area contributed by atoms with Gasteiger partial charge in [-0.1, -0.05) is 83.9 Å². The Hall–Kier alpha value is -4.10. The van der Waals surface area contributed by atoms with Crippen molar-refractivity contribution in [1.29, 1.82) is 0 Å². The SMILES string of the molecule is C=CCN(C(=O)C(Cc1ccccc1)NC(=O)OC(C)(C)C)C(C(=O)Nc1c(C)cccc1Cl)c1cc(C)ccc1C. The summed E-state index contributed by atoms with van der Waals surface area (Å²) in [6.07, 6.45) is 1.03. The number of carbonyl (C=O) groups excluding carboxylic acids is 3. The Kier molecular flexibility index (Phi) is 10.9. The molecule has 0 aliphatic heterocycles. The second kappa shape index (κ2) is 14.2. The van der Waals surface area contributed by atoms with Crippen LogP contribution in [-0.2, 0) is 20.7 Å². The van der Waals surface area contributed by atoms with Crippen molar-refractivity contribution < 1.29 is 19.1 Å². The number of ether oxygens (including phenoxy) is 1. The Morgan fingerprint density at radius 1 is 0.976 bits per heavy atom. The third-order valence-corrected chi connectivity index (χ3v) is 6.96. The number of para-hydroxylation sites is 1. The van der Waals surface area contributed by atoms with Crippen molar-refractivity contribution in [2.24, 2.45) is 0 Å². The Morgan fingerprint density at radius 3 is 2.29 bits per heavy atom. The number of nitrogens with one attached hydrogen (secondary N) is 2. The highest BCUT2D eigenvalue weighted by Gasteiger charge is 2.37. The molecular formula is C34H40ClN3O4. The molecule has 2 N–H and O–H groups in total. The zero-order valence-electron chi connectivity index (χ0n) is 25.2. The lowest BCUT2D eigenvalue weighted by Gasteiger charge is -2.35. The lowest BCUT2D eigenvalue weighted by molar-refractivity contribution is -0.140. The second-order valence-corrected chi connectivity index (χ2v) is 11.8. The highest BCUT2D eigenvalue weighted by Crippen LogP contribution is 2.31. The number of alkyl carbamates (subject to hydrolysis) is 1. The largest absolute Gasteiger partial charge is 0.444 e. The fourth-order valence-electron chi connectivity index (χ4n) is 4.65. The molecule has 2 atom stereocenters. The summed E-state index contributed by atoms with van der Waals surface area (Å²) in [4.78, 5) is 43.0. The van der Waals surface area contributed by atoms with Gasteiger partial charge in [0.25, 0.3) is 5.91 Å². The van der Waals surface area contributed by atoms with Crippen LogP contribution in [0.3, 0.4) is 0 Å². The van der Waals surface area contributed by atoms with Crippen LogP contribution >= 0.6 is 11.6 Å². The molecule has 0 aliphatic rings. The van der Waals surface area contributed by atoms with Crippen LogP contribution in [-0.4, -0.2) is 41.0 Å². The molecular weight excluding hydrogens is 550 g/mol.